The highest BCUT2D eigenvalue weighted by molar-refractivity contribution is 7.98. The predicted octanol–water partition coefficient (Wildman–Crippen LogP) is 5.71. The summed E-state index contributed by atoms with van der Waals surface area (Å²) in [4.78, 5) is 13.6. The molecule has 0 radical (unpaired) electrons. The Bertz CT molecular complexity index is 1300. The molecular formula is C23H20Cl2N4O3S. The van der Waals surface area contributed by atoms with Gasteiger partial charge < -0.3 is 9.47 Å². The van der Waals surface area contributed by atoms with E-state index in [1.165, 1.54) is 11.8 Å². The largest absolute Gasteiger partial charge is 0.461 e. The molecule has 0 bridgehead atoms. The van der Waals surface area contributed by atoms with Gasteiger partial charge >= 0.3 is 5.97 Å². The van der Waals surface area contributed by atoms with Gasteiger partial charge in [-0.3, -0.25) is 0 Å². The molecule has 0 aliphatic heterocycles. The van der Waals surface area contributed by atoms with E-state index in [0.717, 1.165) is 16.0 Å². The summed E-state index contributed by atoms with van der Waals surface area (Å²) < 4.78 is 12.2. The monoisotopic (exact) mass is 502 g/mol. The number of hydrogen-bond acceptors (Lipinski definition) is 7. The molecule has 7 nitrogen and oxygen atoms in total. The number of rotatable bonds is 8. The van der Waals surface area contributed by atoms with Gasteiger partial charge in [-0.1, -0.05) is 35.3 Å². The molecule has 0 amide bonds. The molecule has 0 fully saturated rings. The van der Waals surface area contributed by atoms with Crippen LogP contribution in [0.4, 0.5) is 0 Å². The van der Waals surface area contributed by atoms with Gasteiger partial charge in [0.15, 0.2) is 11.3 Å². The maximum absolute atomic E-state index is 12.7. The normalized spacial score (nSPS) is 11.2. The zero-order valence-corrected chi connectivity index (χ0v) is 20.2. The van der Waals surface area contributed by atoms with Gasteiger partial charge in [0.25, 0.3) is 0 Å². The van der Waals surface area contributed by atoms with Gasteiger partial charge in [-0.25, -0.2) is 9.31 Å². The number of nitrogens with zero attached hydrogens (tertiary/aromatic N) is 4. The van der Waals surface area contributed by atoms with Crippen LogP contribution in [0.15, 0.2) is 53.4 Å². The van der Waals surface area contributed by atoms with Crippen LogP contribution in [0.1, 0.15) is 28.8 Å². The van der Waals surface area contributed by atoms with Crippen LogP contribution in [0, 0.1) is 0 Å². The highest BCUT2D eigenvalue weighted by atomic mass is 35.5. The minimum Gasteiger partial charge on any atom is -0.461 e. The molecule has 10 heteroatoms. The standard InChI is InChI=1S/C23H20Cl2N4O3S/c1-3-32-23(30)21-19(13-33-17-9-7-15(24)8-10-17)29-22(27-26-21)20(18(28-29)12-31-2)14-5-4-6-16(25)11-14/h4-11H,3,12-13H2,1-2H3. The molecule has 2 aromatic heterocycles. The number of carbonyl (C=O) groups is 1. The summed E-state index contributed by atoms with van der Waals surface area (Å²) in [5.74, 6) is -0.142. The zero-order chi connectivity index (χ0) is 23.4. The number of methoxy groups -OCH3 is 1. The predicted molar refractivity (Wildman–Crippen MR) is 129 cm³/mol. The van der Waals surface area contributed by atoms with Crippen LogP contribution in [-0.4, -0.2) is 39.5 Å². The molecule has 0 aliphatic carbocycles. The van der Waals surface area contributed by atoms with Crippen molar-refractivity contribution >= 4 is 46.6 Å². The molecule has 0 aliphatic rings. The molecule has 33 heavy (non-hydrogen) atoms. The second-order valence-corrected chi connectivity index (χ2v) is 8.88. The number of thioether (sulfide) groups is 1. The SMILES string of the molecule is CCOC(=O)c1nnc2c(-c3cccc(Cl)c3)c(COC)nn2c1CSc1ccc(Cl)cc1. The van der Waals surface area contributed by atoms with Crippen molar-refractivity contribution in [2.45, 2.75) is 24.2 Å². The third-order valence-corrected chi connectivity index (χ3v) is 6.27. The topological polar surface area (TPSA) is 78.6 Å². The van der Waals surface area contributed by atoms with Crippen LogP contribution in [0.2, 0.25) is 10.0 Å². The molecular weight excluding hydrogens is 483 g/mol. The van der Waals surface area contributed by atoms with Crippen molar-refractivity contribution in [1.82, 2.24) is 19.8 Å². The molecule has 4 aromatic rings. The number of fused-ring (bicyclic) bond motifs is 1. The third kappa shape index (κ3) is 5.14. The average molecular weight is 503 g/mol. The second-order valence-electron chi connectivity index (χ2n) is 6.96. The van der Waals surface area contributed by atoms with Gasteiger partial charge in [-0.15, -0.1) is 22.0 Å². The van der Waals surface area contributed by atoms with Gasteiger partial charge in [0.1, 0.15) is 0 Å². The van der Waals surface area contributed by atoms with E-state index in [-0.39, 0.29) is 18.9 Å². The number of benzene rings is 2. The summed E-state index contributed by atoms with van der Waals surface area (Å²) in [5.41, 5.74) is 3.44. The minimum atomic E-state index is -0.549. The summed E-state index contributed by atoms with van der Waals surface area (Å²) >= 11 is 13.8. The van der Waals surface area contributed by atoms with Gasteiger partial charge in [-0.2, -0.15) is 5.10 Å². The molecule has 0 saturated heterocycles. The minimum absolute atomic E-state index is 0.120. The summed E-state index contributed by atoms with van der Waals surface area (Å²) in [6, 6.07) is 14.9. The maximum Gasteiger partial charge on any atom is 0.360 e. The summed E-state index contributed by atoms with van der Waals surface area (Å²) in [6.45, 7) is 2.22. The fourth-order valence-electron chi connectivity index (χ4n) is 3.34. The van der Waals surface area contributed by atoms with Crippen molar-refractivity contribution in [3.8, 4) is 11.1 Å². The van der Waals surface area contributed by atoms with Crippen LogP contribution < -0.4 is 0 Å². The first-order valence-corrected chi connectivity index (χ1v) is 11.8. The molecule has 2 aromatic carbocycles. The van der Waals surface area contributed by atoms with Crippen LogP contribution in [0.3, 0.4) is 0 Å². The first-order valence-electron chi connectivity index (χ1n) is 10.1. The molecule has 0 saturated carbocycles. The third-order valence-electron chi connectivity index (χ3n) is 4.76. The number of aromatic nitrogens is 4. The lowest BCUT2D eigenvalue weighted by Crippen LogP contribution is -2.16. The van der Waals surface area contributed by atoms with Gasteiger partial charge in [-0.05, 0) is 48.9 Å². The number of ether oxygens (including phenoxy) is 2. The molecule has 0 unspecified atom stereocenters. The Kier molecular flexibility index (Phi) is 7.49. The lowest BCUT2D eigenvalue weighted by molar-refractivity contribution is 0.0516. The van der Waals surface area contributed by atoms with Gasteiger partial charge in [0.05, 0.1) is 30.2 Å². The number of halogens is 2. The Morgan fingerprint density at radius 3 is 2.58 bits per heavy atom. The Hall–Kier alpha value is -2.65. The molecule has 0 atom stereocenters. The van der Waals surface area contributed by atoms with E-state index in [0.29, 0.717) is 32.8 Å². The Morgan fingerprint density at radius 2 is 1.88 bits per heavy atom. The second kappa shape index (κ2) is 10.5. The first-order chi connectivity index (χ1) is 16.0. The number of hydrogen-bond donors (Lipinski definition) is 0. The van der Waals surface area contributed by atoms with E-state index in [4.69, 9.17) is 37.8 Å². The number of carbonyl (C=O) groups excluding carboxylic acids is 1. The van der Waals surface area contributed by atoms with E-state index in [1.54, 1.807) is 24.6 Å². The quantitative estimate of drug-likeness (QED) is 0.225. The lowest BCUT2D eigenvalue weighted by atomic mass is 10.1. The van der Waals surface area contributed by atoms with Crippen LogP contribution >= 0.6 is 35.0 Å². The Labute approximate surface area is 205 Å². The van der Waals surface area contributed by atoms with Crippen molar-refractivity contribution in [2.24, 2.45) is 0 Å². The van der Waals surface area contributed by atoms with E-state index < -0.39 is 5.97 Å². The summed E-state index contributed by atoms with van der Waals surface area (Å²) in [7, 11) is 1.60. The van der Waals surface area contributed by atoms with Crippen molar-refractivity contribution < 1.29 is 14.3 Å². The fourth-order valence-corrected chi connectivity index (χ4v) is 4.54. The molecule has 0 spiro atoms. The lowest BCUT2D eigenvalue weighted by Gasteiger charge is -2.10. The Balaban J connectivity index is 1.87. The number of esters is 1. The highest BCUT2D eigenvalue weighted by Crippen LogP contribution is 2.32. The van der Waals surface area contributed by atoms with E-state index in [2.05, 4.69) is 10.2 Å². The maximum atomic E-state index is 12.7. The van der Waals surface area contributed by atoms with E-state index in [9.17, 15) is 4.79 Å². The van der Waals surface area contributed by atoms with Crippen molar-refractivity contribution in [3.05, 3.63) is 75.7 Å². The van der Waals surface area contributed by atoms with Crippen molar-refractivity contribution in [1.29, 1.82) is 0 Å². The van der Waals surface area contributed by atoms with Crippen LogP contribution in [0.25, 0.3) is 16.8 Å². The van der Waals surface area contributed by atoms with Crippen molar-refractivity contribution in [3.63, 3.8) is 0 Å². The molecule has 0 N–H and O–H groups in total. The highest BCUT2D eigenvalue weighted by Gasteiger charge is 2.24. The summed E-state index contributed by atoms with van der Waals surface area (Å²) in [5, 5.41) is 14.6. The molecule has 170 valence electrons. The van der Waals surface area contributed by atoms with Crippen LogP contribution in [-0.2, 0) is 21.8 Å². The smallest absolute Gasteiger partial charge is 0.360 e. The molecule has 2 heterocycles. The van der Waals surface area contributed by atoms with Gasteiger partial charge in [0, 0.05) is 27.8 Å². The molecule has 4 rings (SSSR count). The zero-order valence-electron chi connectivity index (χ0n) is 17.9. The van der Waals surface area contributed by atoms with E-state index >= 15 is 0 Å². The van der Waals surface area contributed by atoms with Crippen molar-refractivity contribution in [2.75, 3.05) is 13.7 Å². The fraction of sp³-hybridized carbons (Fsp3) is 0.217. The van der Waals surface area contributed by atoms with Crippen LogP contribution in [0.5, 0.6) is 0 Å². The Morgan fingerprint density at radius 1 is 1.09 bits per heavy atom. The first kappa shape index (κ1) is 23.5. The van der Waals surface area contributed by atoms with E-state index in [1.807, 2.05) is 42.5 Å². The average Bonchev–Trinajstić information content (AvgIpc) is 3.17. The summed E-state index contributed by atoms with van der Waals surface area (Å²) in [6.07, 6.45) is 0. The van der Waals surface area contributed by atoms with Gasteiger partial charge in [0.2, 0.25) is 0 Å².